The fraction of sp³-hybridized carbons (Fsp3) is 0.121. The van der Waals surface area contributed by atoms with Crippen LogP contribution in [-0.2, 0) is 10.0 Å². The molecule has 0 aliphatic carbocycles. The van der Waals surface area contributed by atoms with Gasteiger partial charge in [0.05, 0.1) is 28.4 Å². The molecule has 0 saturated carbocycles. The van der Waals surface area contributed by atoms with Gasteiger partial charge in [0.2, 0.25) is 5.00 Å². The third-order valence-electron chi connectivity index (χ3n) is 7.34. The van der Waals surface area contributed by atoms with Crippen LogP contribution in [0.4, 0.5) is 9.39 Å². The molecule has 8 nitrogen and oxygen atoms in total. The molecule has 0 aliphatic rings. The van der Waals surface area contributed by atoms with Gasteiger partial charge in [0, 0.05) is 33.7 Å². The zero-order valence-corrected chi connectivity index (χ0v) is 25.4. The van der Waals surface area contributed by atoms with Gasteiger partial charge >= 0.3 is 5.97 Å². The summed E-state index contributed by atoms with van der Waals surface area (Å²) in [7, 11) is -4.25. The van der Waals surface area contributed by atoms with Crippen molar-refractivity contribution in [1.29, 1.82) is 0 Å². The molecule has 3 aromatic heterocycles. The Labute approximate surface area is 257 Å². The van der Waals surface area contributed by atoms with Crippen LogP contribution in [0, 0.1) is 19.3 Å². The number of thiophene rings is 1. The number of aromatic nitrogens is 3. The highest BCUT2D eigenvalue weighted by atomic mass is 32.2. The van der Waals surface area contributed by atoms with Gasteiger partial charge in [-0.05, 0) is 68.6 Å². The predicted octanol–water partition coefficient (Wildman–Crippen LogP) is 8.41. The number of hydrogen-bond donors (Lipinski definition) is 1. The number of nitrogens with zero attached hydrogens (tertiary/aromatic N) is 4. The Bertz CT molecular complexity index is 2240. The quantitative estimate of drug-likeness (QED) is 0.180. The number of hydrogen-bond acceptors (Lipinski definition) is 5. The Kier molecular flexibility index (Phi) is 7.19. The molecule has 3 aromatic carbocycles. The summed E-state index contributed by atoms with van der Waals surface area (Å²) in [5.41, 5.74) is 3.78. The van der Waals surface area contributed by atoms with Crippen molar-refractivity contribution in [1.82, 2.24) is 13.8 Å². The van der Waals surface area contributed by atoms with Crippen LogP contribution in [0.25, 0.3) is 49.4 Å². The maximum atomic E-state index is 14.8. The largest absolute Gasteiger partial charge is 0.476 e. The Morgan fingerprint density at radius 2 is 1.75 bits per heavy atom. The average molecular weight is 625 g/mol. The molecule has 0 fully saturated rings. The Morgan fingerprint density at radius 1 is 1.02 bits per heavy atom. The zero-order valence-electron chi connectivity index (χ0n) is 23.8. The lowest BCUT2D eigenvalue weighted by Crippen LogP contribution is -2.14. The highest BCUT2D eigenvalue weighted by Crippen LogP contribution is 2.48. The van der Waals surface area contributed by atoms with Crippen LogP contribution in [0.5, 0.6) is 0 Å². The van der Waals surface area contributed by atoms with Crippen LogP contribution < -0.4 is 0 Å². The highest BCUT2D eigenvalue weighted by molar-refractivity contribution is 7.90. The van der Waals surface area contributed by atoms with Crippen molar-refractivity contribution in [2.45, 2.75) is 31.7 Å². The van der Waals surface area contributed by atoms with E-state index in [0.717, 1.165) is 5.56 Å². The van der Waals surface area contributed by atoms with Crippen LogP contribution in [-0.4, -0.2) is 33.2 Å². The molecule has 220 valence electrons. The molecule has 6 aromatic rings. The van der Waals surface area contributed by atoms with Gasteiger partial charge < -0.3 is 5.11 Å². The van der Waals surface area contributed by atoms with Gasteiger partial charge in [0.1, 0.15) is 5.82 Å². The van der Waals surface area contributed by atoms with Crippen LogP contribution in [0.3, 0.4) is 0 Å². The molecule has 6 rings (SSSR count). The molecule has 0 unspecified atom stereocenters. The second-order valence-corrected chi connectivity index (χ2v) is 13.2. The molecule has 11 heteroatoms. The van der Waals surface area contributed by atoms with Crippen LogP contribution in [0.1, 0.15) is 35.9 Å². The van der Waals surface area contributed by atoms with Crippen molar-refractivity contribution in [3.63, 3.8) is 0 Å². The first kappa shape index (κ1) is 29.0. The lowest BCUT2D eigenvalue weighted by molar-refractivity contribution is 0.0689. The predicted molar refractivity (Wildman–Crippen MR) is 169 cm³/mol. The Balaban J connectivity index is 1.74. The van der Waals surface area contributed by atoms with E-state index in [2.05, 4.69) is 9.94 Å². The maximum Gasteiger partial charge on any atom is 0.356 e. The molecule has 0 amide bonds. The normalized spacial score (nSPS) is 11.7. The molecule has 3 heterocycles. The van der Waals surface area contributed by atoms with Crippen molar-refractivity contribution in [3.05, 3.63) is 113 Å². The molecular weight excluding hydrogens is 600 g/mol. The summed E-state index contributed by atoms with van der Waals surface area (Å²) in [5.74, 6) is -1.72. The van der Waals surface area contributed by atoms with Crippen LogP contribution >= 0.6 is 11.3 Å². The number of halogens is 1. The number of benzene rings is 3. The number of fused-ring (bicyclic) bond motifs is 1. The van der Waals surface area contributed by atoms with Crippen LogP contribution in [0.2, 0.25) is 0 Å². The van der Waals surface area contributed by atoms with E-state index in [9.17, 15) is 22.7 Å². The molecule has 1 N–H and O–H groups in total. The molecule has 0 radical (unpaired) electrons. The topological polar surface area (TPSA) is 98.5 Å². The smallest absolute Gasteiger partial charge is 0.356 e. The van der Waals surface area contributed by atoms with Crippen LogP contribution in [0.15, 0.2) is 89.1 Å². The first-order valence-corrected chi connectivity index (χ1v) is 15.9. The van der Waals surface area contributed by atoms with E-state index >= 15 is 0 Å². The Morgan fingerprint density at radius 3 is 2.43 bits per heavy atom. The monoisotopic (exact) mass is 624 g/mol. The third-order valence-corrected chi connectivity index (χ3v) is 9.87. The maximum absolute atomic E-state index is 14.8. The fourth-order valence-electron chi connectivity index (χ4n) is 5.35. The molecule has 0 atom stereocenters. The Hall–Kier alpha value is -5.05. The summed E-state index contributed by atoms with van der Waals surface area (Å²) in [6, 6.07) is 20.5. The van der Waals surface area contributed by atoms with Gasteiger partial charge in [-0.25, -0.2) is 26.4 Å². The standard InChI is InChI=1S/C33H25FN4O4S2/c1-19(2)37-29(18-27(36-37)33(39)40)21-6-5-7-22(16-21)31-30(25-14-15-43-32(25)35-4)26-17-23(34)10-13-28(26)38(31)44(41,42)24-11-8-20(3)9-12-24/h5-19H,1-3H3,(H,39,40). The van der Waals surface area contributed by atoms with Crippen molar-refractivity contribution in [2.75, 3.05) is 0 Å². The summed E-state index contributed by atoms with van der Waals surface area (Å²) in [6.07, 6.45) is 0. The van der Waals surface area contributed by atoms with Gasteiger partial charge in [0.15, 0.2) is 5.69 Å². The van der Waals surface area contributed by atoms with E-state index in [-0.39, 0.29) is 27.8 Å². The fourth-order valence-corrected chi connectivity index (χ4v) is 7.58. The highest BCUT2D eigenvalue weighted by Gasteiger charge is 2.30. The van der Waals surface area contributed by atoms with E-state index in [0.29, 0.717) is 38.3 Å². The summed E-state index contributed by atoms with van der Waals surface area (Å²) in [4.78, 5) is 15.5. The summed E-state index contributed by atoms with van der Waals surface area (Å²) in [5, 5.41) is 16.3. The van der Waals surface area contributed by atoms with E-state index < -0.39 is 21.8 Å². The van der Waals surface area contributed by atoms with E-state index in [1.807, 2.05) is 20.8 Å². The second-order valence-electron chi connectivity index (χ2n) is 10.6. The SMILES string of the molecule is [C-]#[N+]c1sccc1-c1c(-c2cccc(-c3cc(C(=O)O)nn3C(C)C)c2)n(S(=O)(=O)c2ccc(C)cc2)c2ccc(F)cc12. The molecule has 0 spiro atoms. The first-order valence-electron chi connectivity index (χ1n) is 13.6. The van der Waals surface area contributed by atoms with Gasteiger partial charge in [-0.3, -0.25) is 4.68 Å². The van der Waals surface area contributed by atoms with Crippen molar-refractivity contribution < 1.29 is 22.7 Å². The minimum Gasteiger partial charge on any atom is -0.476 e. The zero-order chi connectivity index (χ0) is 31.3. The van der Waals surface area contributed by atoms with Gasteiger partial charge in [-0.1, -0.05) is 42.0 Å². The van der Waals surface area contributed by atoms with E-state index in [1.165, 1.54) is 51.7 Å². The number of aromatic carboxylic acids is 1. The lowest BCUT2D eigenvalue weighted by Gasteiger charge is -2.16. The van der Waals surface area contributed by atoms with Gasteiger partial charge in [-0.15, -0.1) is 0 Å². The van der Waals surface area contributed by atoms with Gasteiger partial charge in [-0.2, -0.15) is 16.4 Å². The molecular formula is C33H25FN4O4S2. The average Bonchev–Trinajstić information content (AvgIpc) is 3.73. The molecule has 0 saturated heterocycles. The number of carbonyl (C=O) groups is 1. The van der Waals surface area contributed by atoms with Gasteiger partial charge in [0.25, 0.3) is 10.0 Å². The third kappa shape index (κ3) is 4.78. The molecule has 0 bridgehead atoms. The second kappa shape index (κ2) is 10.9. The van der Waals surface area contributed by atoms with E-state index in [4.69, 9.17) is 6.57 Å². The van der Waals surface area contributed by atoms with Crippen molar-refractivity contribution in [3.8, 4) is 33.6 Å². The van der Waals surface area contributed by atoms with Crippen molar-refractivity contribution >= 4 is 43.2 Å². The van der Waals surface area contributed by atoms with E-state index in [1.54, 1.807) is 52.5 Å². The number of carboxylic acid groups (broad SMARTS) is 1. The molecule has 0 aliphatic heterocycles. The van der Waals surface area contributed by atoms with Crippen molar-refractivity contribution in [2.24, 2.45) is 0 Å². The first-order chi connectivity index (χ1) is 21.0. The number of carboxylic acids is 1. The minimum absolute atomic E-state index is 0.0491. The molecule has 44 heavy (non-hydrogen) atoms. The minimum atomic E-state index is -4.25. The summed E-state index contributed by atoms with van der Waals surface area (Å²) < 4.78 is 46.6. The summed E-state index contributed by atoms with van der Waals surface area (Å²) in [6.45, 7) is 13.4. The summed E-state index contributed by atoms with van der Waals surface area (Å²) >= 11 is 1.21. The number of rotatable bonds is 7. The lowest BCUT2D eigenvalue weighted by atomic mass is 9.98. The number of aryl methyl sites for hydroxylation is 1.